The Hall–Kier alpha value is -2.20. The molecule has 0 amide bonds. The molecule has 1 heterocycles. The lowest BCUT2D eigenvalue weighted by Gasteiger charge is -2.08. The van der Waals surface area contributed by atoms with E-state index in [1.54, 1.807) is 12.1 Å². The van der Waals surface area contributed by atoms with Crippen LogP contribution in [0.5, 0.6) is 0 Å². The minimum atomic E-state index is -0.881. The topological polar surface area (TPSA) is 32.9 Å². The van der Waals surface area contributed by atoms with E-state index in [4.69, 9.17) is 11.6 Å². The second-order valence-electron chi connectivity index (χ2n) is 4.84. The van der Waals surface area contributed by atoms with E-state index in [1.165, 1.54) is 6.07 Å². The summed E-state index contributed by atoms with van der Waals surface area (Å²) in [4.78, 5) is 14.9. The molecule has 2 aromatic carbocycles. The van der Waals surface area contributed by atoms with Crippen LogP contribution in [0, 0.1) is 18.6 Å². The Kier molecular flexibility index (Phi) is 3.26. The summed E-state index contributed by atoms with van der Waals surface area (Å²) in [7, 11) is 0. The molecule has 0 saturated heterocycles. The Labute approximate surface area is 124 Å². The molecule has 0 atom stereocenters. The first kappa shape index (κ1) is 13.8. The van der Waals surface area contributed by atoms with Crippen molar-refractivity contribution < 1.29 is 8.78 Å². The maximum absolute atomic E-state index is 13.7. The molecule has 3 aromatic rings. The lowest BCUT2D eigenvalue weighted by molar-refractivity contribution is 0.591. The molecule has 3 rings (SSSR count). The molecule has 5 heteroatoms. The average molecular weight is 306 g/mol. The molecule has 0 bridgehead atoms. The molecule has 1 aromatic heterocycles. The molecule has 0 fully saturated rings. The number of hydrogen-bond acceptors (Lipinski definition) is 1. The predicted octanol–water partition coefficient (Wildman–Crippen LogP) is 4.44. The number of nitrogens with one attached hydrogen (secondary N) is 1. The third kappa shape index (κ3) is 2.43. The van der Waals surface area contributed by atoms with Gasteiger partial charge < -0.3 is 4.98 Å². The van der Waals surface area contributed by atoms with Gasteiger partial charge in [0.2, 0.25) is 0 Å². The molecule has 0 unspecified atom stereocenters. The second kappa shape index (κ2) is 4.97. The first-order chi connectivity index (χ1) is 9.95. The van der Waals surface area contributed by atoms with Gasteiger partial charge in [-0.1, -0.05) is 23.2 Å². The zero-order chi connectivity index (χ0) is 15.1. The third-order valence-electron chi connectivity index (χ3n) is 3.26. The maximum atomic E-state index is 13.7. The number of pyridine rings is 1. The smallest absolute Gasteiger partial charge is 0.192 e. The summed E-state index contributed by atoms with van der Waals surface area (Å²) in [6, 6.07) is 8.40. The summed E-state index contributed by atoms with van der Waals surface area (Å²) < 4.78 is 27.0. The van der Waals surface area contributed by atoms with Crippen LogP contribution in [0.15, 0.2) is 41.2 Å². The molecule has 2 nitrogen and oxygen atoms in total. The Morgan fingerprint density at radius 2 is 1.86 bits per heavy atom. The van der Waals surface area contributed by atoms with Crippen molar-refractivity contribution in [3.8, 4) is 11.3 Å². The van der Waals surface area contributed by atoms with E-state index in [1.807, 2.05) is 13.0 Å². The summed E-state index contributed by atoms with van der Waals surface area (Å²) in [5, 5.41) is 0.288. The summed E-state index contributed by atoms with van der Waals surface area (Å²) in [6.07, 6.45) is 0. The van der Waals surface area contributed by atoms with E-state index in [0.29, 0.717) is 22.3 Å². The number of aryl methyl sites for hydroxylation is 1. The van der Waals surface area contributed by atoms with Gasteiger partial charge in [-0.25, -0.2) is 8.78 Å². The van der Waals surface area contributed by atoms with Crippen LogP contribution in [0.25, 0.3) is 22.2 Å². The normalized spacial score (nSPS) is 11.0. The molecule has 0 radical (unpaired) electrons. The number of halogens is 3. The number of aromatic nitrogens is 1. The van der Waals surface area contributed by atoms with Gasteiger partial charge in [0.05, 0.1) is 16.6 Å². The summed E-state index contributed by atoms with van der Waals surface area (Å²) in [6.45, 7) is 1.89. The minimum absolute atomic E-state index is 0.104. The molecule has 0 aliphatic heterocycles. The quantitative estimate of drug-likeness (QED) is 0.708. The van der Waals surface area contributed by atoms with Crippen LogP contribution in [0.2, 0.25) is 5.02 Å². The second-order valence-corrected chi connectivity index (χ2v) is 5.25. The van der Waals surface area contributed by atoms with Gasteiger partial charge in [-0.3, -0.25) is 4.79 Å². The standard InChI is InChI=1S/C16H10ClF2NO/c1-8-2-3-11(17)10(4-8)13-7-15(21)16-12(19)5-9(18)6-14(16)20-13/h2-7H,1H3,(H,20,21). The van der Waals surface area contributed by atoms with Crippen molar-refractivity contribution in [2.24, 2.45) is 0 Å². The van der Waals surface area contributed by atoms with Crippen LogP contribution in [0.1, 0.15) is 5.56 Å². The highest BCUT2D eigenvalue weighted by Gasteiger charge is 2.12. The molecule has 0 aliphatic carbocycles. The Morgan fingerprint density at radius 1 is 1.10 bits per heavy atom. The van der Waals surface area contributed by atoms with E-state index in [2.05, 4.69) is 4.98 Å². The maximum Gasteiger partial charge on any atom is 0.192 e. The highest BCUT2D eigenvalue weighted by molar-refractivity contribution is 6.33. The van der Waals surface area contributed by atoms with Crippen LogP contribution in [-0.2, 0) is 0 Å². The number of hydrogen-bond donors (Lipinski definition) is 1. The summed E-state index contributed by atoms with van der Waals surface area (Å²) in [5.74, 6) is -1.63. The molecule has 106 valence electrons. The van der Waals surface area contributed by atoms with Crippen molar-refractivity contribution in [2.45, 2.75) is 6.92 Å². The van der Waals surface area contributed by atoms with Gasteiger partial charge in [-0.2, -0.15) is 0 Å². The first-order valence-electron chi connectivity index (χ1n) is 6.24. The van der Waals surface area contributed by atoms with Crippen LogP contribution in [0.4, 0.5) is 8.78 Å². The van der Waals surface area contributed by atoms with Crippen LogP contribution >= 0.6 is 11.6 Å². The fraction of sp³-hybridized carbons (Fsp3) is 0.0625. The fourth-order valence-electron chi connectivity index (χ4n) is 2.30. The zero-order valence-corrected chi connectivity index (χ0v) is 11.8. The van der Waals surface area contributed by atoms with E-state index in [0.717, 1.165) is 11.6 Å². The van der Waals surface area contributed by atoms with Gasteiger partial charge in [-0.15, -0.1) is 0 Å². The highest BCUT2D eigenvalue weighted by Crippen LogP contribution is 2.28. The van der Waals surface area contributed by atoms with Crippen LogP contribution in [0.3, 0.4) is 0 Å². The van der Waals surface area contributed by atoms with Crippen molar-refractivity contribution in [1.29, 1.82) is 0 Å². The Morgan fingerprint density at radius 3 is 2.62 bits per heavy atom. The van der Waals surface area contributed by atoms with E-state index in [9.17, 15) is 13.6 Å². The van der Waals surface area contributed by atoms with E-state index < -0.39 is 17.1 Å². The van der Waals surface area contributed by atoms with Crippen molar-refractivity contribution in [3.63, 3.8) is 0 Å². The number of H-pyrrole nitrogens is 1. The number of benzene rings is 2. The van der Waals surface area contributed by atoms with Gasteiger partial charge in [0.1, 0.15) is 11.6 Å². The lowest BCUT2D eigenvalue weighted by Crippen LogP contribution is -2.06. The fourth-order valence-corrected chi connectivity index (χ4v) is 2.52. The summed E-state index contributed by atoms with van der Waals surface area (Å²) >= 11 is 6.13. The molecule has 1 N–H and O–H groups in total. The minimum Gasteiger partial charge on any atom is -0.354 e. The van der Waals surface area contributed by atoms with Gasteiger partial charge in [0, 0.05) is 22.7 Å². The summed E-state index contributed by atoms with van der Waals surface area (Å²) in [5.41, 5.74) is 1.58. The largest absolute Gasteiger partial charge is 0.354 e. The van der Waals surface area contributed by atoms with Crippen molar-refractivity contribution in [2.75, 3.05) is 0 Å². The molecule has 21 heavy (non-hydrogen) atoms. The number of fused-ring (bicyclic) bond motifs is 1. The van der Waals surface area contributed by atoms with Crippen molar-refractivity contribution in [3.05, 3.63) is 68.8 Å². The van der Waals surface area contributed by atoms with Crippen LogP contribution < -0.4 is 5.43 Å². The Bertz CT molecular complexity index is 918. The number of aromatic amines is 1. The molecule has 0 aliphatic rings. The SMILES string of the molecule is Cc1ccc(Cl)c(-c2cc(=O)c3c(F)cc(F)cc3[nH]2)c1. The Balaban J connectivity index is 2.35. The van der Waals surface area contributed by atoms with Crippen molar-refractivity contribution >= 4 is 22.5 Å². The van der Waals surface area contributed by atoms with Gasteiger partial charge in [0.15, 0.2) is 5.43 Å². The van der Waals surface area contributed by atoms with Gasteiger partial charge >= 0.3 is 0 Å². The third-order valence-corrected chi connectivity index (χ3v) is 3.59. The first-order valence-corrected chi connectivity index (χ1v) is 6.62. The van der Waals surface area contributed by atoms with Crippen LogP contribution in [-0.4, -0.2) is 4.98 Å². The molecule has 0 spiro atoms. The highest BCUT2D eigenvalue weighted by atomic mass is 35.5. The number of rotatable bonds is 1. The average Bonchev–Trinajstić information content (AvgIpc) is 2.40. The van der Waals surface area contributed by atoms with Crippen molar-refractivity contribution in [1.82, 2.24) is 4.98 Å². The molecule has 0 saturated carbocycles. The van der Waals surface area contributed by atoms with Gasteiger partial charge in [0.25, 0.3) is 0 Å². The van der Waals surface area contributed by atoms with Gasteiger partial charge in [-0.05, 0) is 25.1 Å². The molecular weight excluding hydrogens is 296 g/mol. The lowest BCUT2D eigenvalue weighted by atomic mass is 10.1. The zero-order valence-electron chi connectivity index (χ0n) is 11.0. The van der Waals surface area contributed by atoms with E-state index >= 15 is 0 Å². The molecular formula is C16H10ClF2NO. The monoisotopic (exact) mass is 305 g/mol. The van der Waals surface area contributed by atoms with E-state index in [-0.39, 0.29) is 10.9 Å². The predicted molar refractivity (Wildman–Crippen MR) is 79.7 cm³/mol.